The number of carbonyl (C=O) groups is 2. The van der Waals surface area contributed by atoms with Crippen molar-refractivity contribution in [3.63, 3.8) is 0 Å². The second-order valence-electron chi connectivity index (χ2n) is 8.69. The van der Waals surface area contributed by atoms with Crippen molar-refractivity contribution >= 4 is 44.4 Å². The summed E-state index contributed by atoms with van der Waals surface area (Å²) < 4.78 is 27.0. The van der Waals surface area contributed by atoms with Gasteiger partial charge in [-0.3, -0.25) is 14.5 Å². The monoisotopic (exact) mass is 495 g/mol. The number of hydrogen-bond donors (Lipinski definition) is 0. The largest absolute Gasteiger partial charge is 0.357 e. The summed E-state index contributed by atoms with van der Waals surface area (Å²) in [5, 5.41) is 0. The van der Waals surface area contributed by atoms with Crippen LogP contribution in [0.4, 0.5) is 11.6 Å². The molecular weight excluding hydrogens is 466 g/mol. The van der Waals surface area contributed by atoms with Gasteiger partial charge in [0.1, 0.15) is 0 Å². The van der Waals surface area contributed by atoms with Crippen LogP contribution in [0.15, 0.2) is 53.4 Å². The van der Waals surface area contributed by atoms with E-state index >= 15 is 0 Å². The lowest BCUT2D eigenvalue weighted by Crippen LogP contribution is -2.34. The number of amides is 1. The number of para-hydroxylation sites is 2. The van der Waals surface area contributed by atoms with E-state index in [2.05, 4.69) is 0 Å². The average molecular weight is 496 g/mol. The number of ketones is 1. The Balaban J connectivity index is 1.45. The third-order valence-corrected chi connectivity index (χ3v) is 8.03. The lowest BCUT2D eigenvalue weighted by molar-refractivity contribution is -0.118. The topological polar surface area (TPSA) is 104 Å². The number of Topliss-reactive ketones (excluding diaryl/α,β-unsaturated/α-hetero) is 1. The first-order chi connectivity index (χ1) is 16.7. The van der Waals surface area contributed by atoms with Crippen LogP contribution in [0.3, 0.4) is 0 Å². The number of aromatic nitrogens is 2. The molecular formula is C25H29N5O4S. The molecule has 0 unspecified atom stereocenters. The minimum Gasteiger partial charge on any atom is -0.357 e. The predicted molar refractivity (Wildman–Crippen MR) is 135 cm³/mol. The highest BCUT2D eigenvalue weighted by atomic mass is 32.2. The number of nitrogens with zero attached hydrogens (tertiary/aromatic N) is 5. The van der Waals surface area contributed by atoms with Crippen molar-refractivity contribution in [1.29, 1.82) is 0 Å². The molecule has 4 rings (SSSR count). The van der Waals surface area contributed by atoms with Gasteiger partial charge in [-0.1, -0.05) is 24.3 Å². The maximum Gasteiger partial charge on any atom is 0.242 e. The summed E-state index contributed by atoms with van der Waals surface area (Å²) in [5.74, 6) is 0.978. The number of rotatable bonds is 7. The van der Waals surface area contributed by atoms with Crippen LogP contribution in [0.1, 0.15) is 36.5 Å². The maximum atomic E-state index is 13.2. The summed E-state index contributed by atoms with van der Waals surface area (Å²) in [7, 11) is -0.286. The first kappa shape index (κ1) is 24.7. The Bertz CT molecular complexity index is 1360. The molecule has 0 N–H and O–H groups in total. The Kier molecular flexibility index (Phi) is 7.13. The van der Waals surface area contributed by atoms with Gasteiger partial charge in [-0.15, -0.1) is 0 Å². The van der Waals surface area contributed by atoms with E-state index in [9.17, 15) is 18.0 Å². The van der Waals surface area contributed by atoms with Gasteiger partial charge >= 0.3 is 0 Å². The van der Waals surface area contributed by atoms with Crippen molar-refractivity contribution < 1.29 is 18.0 Å². The van der Waals surface area contributed by atoms with E-state index in [1.54, 1.807) is 4.90 Å². The molecule has 0 saturated carbocycles. The molecule has 0 saturated heterocycles. The van der Waals surface area contributed by atoms with Crippen molar-refractivity contribution in [2.24, 2.45) is 0 Å². The molecule has 3 aromatic rings. The molecule has 1 aromatic heterocycles. The molecule has 0 atom stereocenters. The Morgan fingerprint density at radius 2 is 1.60 bits per heavy atom. The van der Waals surface area contributed by atoms with Crippen molar-refractivity contribution in [2.75, 3.05) is 43.5 Å². The standard InChI is InChI=1S/C25H29N5O4S/c1-18(31)19-11-13-20(14-12-19)35(33,34)29(3)16-6-10-23(32)30-17-7-15-28(2)24-25(30)27-22-9-5-4-8-21(22)26-24/h4-5,8-9,11-14H,6-7,10,15-17H2,1-3H3. The minimum absolute atomic E-state index is 0.109. The zero-order chi connectivity index (χ0) is 25.2. The molecule has 2 heterocycles. The van der Waals surface area contributed by atoms with Crippen molar-refractivity contribution in [3.05, 3.63) is 54.1 Å². The molecule has 0 aliphatic carbocycles. The van der Waals surface area contributed by atoms with Gasteiger partial charge in [0.05, 0.1) is 15.9 Å². The third kappa shape index (κ3) is 5.18. The fraction of sp³-hybridized carbons (Fsp3) is 0.360. The molecule has 2 aromatic carbocycles. The lowest BCUT2D eigenvalue weighted by atomic mass is 10.2. The number of hydrogen-bond acceptors (Lipinski definition) is 7. The van der Waals surface area contributed by atoms with Gasteiger partial charge in [0.15, 0.2) is 17.4 Å². The molecule has 0 radical (unpaired) electrons. The van der Waals surface area contributed by atoms with Gasteiger partial charge < -0.3 is 4.90 Å². The van der Waals surface area contributed by atoms with Crippen LogP contribution in [0, 0.1) is 0 Å². The van der Waals surface area contributed by atoms with Gasteiger partial charge in [-0.25, -0.2) is 22.7 Å². The van der Waals surface area contributed by atoms with E-state index in [0.717, 1.165) is 24.0 Å². The van der Waals surface area contributed by atoms with Gasteiger partial charge in [0.25, 0.3) is 0 Å². The van der Waals surface area contributed by atoms with Gasteiger partial charge in [-0.2, -0.15) is 0 Å². The molecule has 1 aliphatic heterocycles. The van der Waals surface area contributed by atoms with Crippen LogP contribution >= 0.6 is 0 Å². The lowest BCUT2D eigenvalue weighted by Gasteiger charge is -2.23. The second kappa shape index (κ2) is 10.1. The van der Waals surface area contributed by atoms with Crippen LogP contribution in [0.2, 0.25) is 0 Å². The molecule has 10 heteroatoms. The number of sulfonamides is 1. The van der Waals surface area contributed by atoms with Crippen LogP contribution in [-0.2, 0) is 14.8 Å². The highest BCUT2D eigenvalue weighted by Gasteiger charge is 2.27. The third-order valence-electron chi connectivity index (χ3n) is 6.16. The molecule has 1 amide bonds. The first-order valence-corrected chi connectivity index (χ1v) is 13.0. The van der Waals surface area contributed by atoms with E-state index in [1.165, 1.54) is 42.5 Å². The normalized spacial score (nSPS) is 14.2. The number of anilines is 2. The van der Waals surface area contributed by atoms with Crippen LogP contribution < -0.4 is 9.80 Å². The summed E-state index contributed by atoms with van der Waals surface area (Å²) in [6.45, 7) is 2.90. The fourth-order valence-corrected chi connectivity index (χ4v) is 5.30. The predicted octanol–water partition coefficient (Wildman–Crippen LogP) is 3.11. The molecule has 1 aliphatic rings. The first-order valence-electron chi connectivity index (χ1n) is 11.5. The Hall–Kier alpha value is -3.37. The number of fused-ring (bicyclic) bond motifs is 2. The van der Waals surface area contributed by atoms with Crippen molar-refractivity contribution in [1.82, 2.24) is 14.3 Å². The van der Waals surface area contributed by atoms with E-state index < -0.39 is 10.0 Å². The Morgan fingerprint density at radius 1 is 0.971 bits per heavy atom. The van der Waals surface area contributed by atoms with Gasteiger partial charge in [0, 0.05) is 45.7 Å². The van der Waals surface area contributed by atoms with E-state index in [-0.39, 0.29) is 29.6 Å². The molecule has 184 valence electrons. The van der Waals surface area contributed by atoms with Gasteiger partial charge in [0.2, 0.25) is 15.9 Å². The number of carbonyl (C=O) groups excluding carboxylic acids is 2. The molecule has 35 heavy (non-hydrogen) atoms. The zero-order valence-electron chi connectivity index (χ0n) is 20.1. The van der Waals surface area contributed by atoms with E-state index in [1.807, 2.05) is 36.2 Å². The number of benzene rings is 2. The summed E-state index contributed by atoms with van der Waals surface area (Å²) in [6.07, 6.45) is 1.32. The van der Waals surface area contributed by atoms with Crippen molar-refractivity contribution in [3.8, 4) is 0 Å². The minimum atomic E-state index is -3.72. The second-order valence-corrected chi connectivity index (χ2v) is 10.7. The van der Waals surface area contributed by atoms with Crippen LogP contribution in [-0.4, -0.2) is 68.1 Å². The Labute approximate surface area is 205 Å². The maximum absolute atomic E-state index is 13.2. The summed E-state index contributed by atoms with van der Waals surface area (Å²) in [5.41, 5.74) is 1.95. The Morgan fingerprint density at radius 3 is 2.23 bits per heavy atom. The SMILES string of the molecule is CC(=O)c1ccc(S(=O)(=O)N(C)CCCC(=O)N2CCCN(C)c3nc4ccccc4nc32)cc1. The smallest absolute Gasteiger partial charge is 0.242 e. The van der Waals surface area contributed by atoms with Crippen LogP contribution in [0.25, 0.3) is 11.0 Å². The summed E-state index contributed by atoms with van der Waals surface area (Å²) in [6, 6.07) is 13.4. The molecule has 0 fully saturated rings. The van der Waals surface area contributed by atoms with Gasteiger partial charge in [-0.05, 0) is 44.0 Å². The fourth-order valence-electron chi connectivity index (χ4n) is 4.09. The molecule has 0 bridgehead atoms. The quantitative estimate of drug-likeness (QED) is 0.464. The van der Waals surface area contributed by atoms with Crippen LogP contribution in [0.5, 0.6) is 0 Å². The van der Waals surface area contributed by atoms with Crippen molar-refractivity contribution in [2.45, 2.75) is 31.1 Å². The average Bonchev–Trinajstić information content (AvgIpc) is 3.01. The zero-order valence-corrected chi connectivity index (χ0v) is 21.0. The van der Waals surface area contributed by atoms with E-state index in [0.29, 0.717) is 30.2 Å². The summed E-state index contributed by atoms with van der Waals surface area (Å²) in [4.78, 5) is 37.9. The molecule has 9 nitrogen and oxygen atoms in total. The summed E-state index contributed by atoms with van der Waals surface area (Å²) >= 11 is 0. The highest BCUT2D eigenvalue weighted by molar-refractivity contribution is 7.89. The molecule has 0 spiro atoms. The highest BCUT2D eigenvalue weighted by Crippen LogP contribution is 2.30. The van der Waals surface area contributed by atoms with E-state index in [4.69, 9.17) is 9.97 Å².